The smallest absolute Gasteiger partial charge is 0.248 e. The number of ether oxygens (including phenoxy) is 1. The molecule has 0 bridgehead atoms. The van der Waals surface area contributed by atoms with Gasteiger partial charge in [0.05, 0.1) is 7.11 Å². The van der Waals surface area contributed by atoms with Crippen LogP contribution in [0.2, 0.25) is 0 Å². The summed E-state index contributed by atoms with van der Waals surface area (Å²) < 4.78 is 12.1. The van der Waals surface area contributed by atoms with Gasteiger partial charge in [-0.15, -0.1) is 0 Å². The van der Waals surface area contributed by atoms with Crippen LogP contribution in [0.25, 0.3) is 28.6 Å². The van der Waals surface area contributed by atoms with E-state index in [0.717, 1.165) is 15.6 Å². The molecule has 156 valence electrons. The van der Waals surface area contributed by atoms with Gasteiger partial charge in [0.1, 0.15) is 11.3 Å². The Bertz CT molecular complexity index is 1310. The minimum Gasteiger partial charge on any atom is -0.496 e. The largest absolute Gasteiger partial charge is 0.496 e. The number of carbonyl (C=O) groups excluding carboxylic acids is 1. The molecule has 4 rings (SSSR count). The van der Waals surface area contributed by atoms with Crippen molar-refractivity contribution in [3.8, 4) is 17.2 Å². The molecular weight excluding hydrogens is 456 g/mol. The van der Waals surface area contributed by atoms with Crippen molar-refractivity contribution in [1.82, 2.24) is 4.98 Å². The molecular formula is C25H21BrN2O3. The second-order valence-corrected chi connectivity index (χ2v) is 8.13. The van der Waals surface area contributed by atoms with Gasteiger partial charge >= 0.3 is 0 Å². The molecule has 4 aromatic rings. The second-order valence-electron chi connectivity index (χ2n) is 7.21. The van der Waals surface area contributed by atoms with Gasteiger partial charge in [0.2, 0.25) is 11.8 Å². The first-order chi connectivity index (χ1) is 14.9. The van der Waals surface area contributed by atoms with Crippen LogP contribution in [-0.2, 0) is 4.79 Å². The van der Waals surface area contributed by atoms with E-state index in [1.54, 1.807) is 25.3 Å². The summed E-state index contributed by atoms with van der Waals surface area (Å²) in [5.74, 6) is 0.998. The molecule has 0 aliphatic heterocycles. The van der Waals surface area contributed by atoms with E-state index in [-0.39, 0.29) is 5.91 Å². The van der Waals surface area contributed by atoms with Crippen LogP contribution >= 0.6 is 15.9 Å². The number of rotatable bonds is 5. The van der Waals surface area contributed by atoms with Crippen molar-refractivity contribution in [2.45, 2.75) is 13.8 Å². The Morgan fingerprint density at radius 3 is 2.68 bits per heavy atom. The summed E-state index contributed by atoms with van der Waals surface area (Å²) in [6.45, 7) is 4.13. The molecule has 1 heterocycles. The van der Waals surface area contributed by atoms with Crippen LogP contribution in [0.15, 0.2) is 69.6 Å². The molecule has 0 aliphatic rings. The number of aromatic nitrogens is 1. The van der Waals surface area contributed by atoms with Gasteiger partial charge in [-0.2, -0.15) is 0 Å². The van der Waals surface area contributed by atoms with Crippen LogP contribution in [0, 0.1) is 13.8 Å². The number of hydrogen-bond donors (Lipinski definition) is 1. The van der Waals surface area contributed by atoms with Gasteiger partial charge in [0.25, 0.3) is 0 Å². The molecule has 6 heteroatoms. The Morgan fingerprint density at radius 2 is 1.90 bits per heavy atom. The maximum absolute atomic E-state index is 12.4. The first kappa shape index (κ1) is 20.9. The van der Waals surface area contributed by atoms with Crippen molar-refractivity contribution in [2.75, 3.05) is 12.4 Å². The fourth-order valence-electron chi connectivity index (χ4n) is 3.19. The van der Waals surface area contributed by atoms with Crippen LogP contribution in [-0.4, -0.2) is 18.0 Å². The molecule has 1 amide bonds. The Hall–Kier alpha value is -3.38. The van der Waals surface area contributed by atoms with Crippen LogP contribution < -0.4 is 10.1 Å². The van der Waals surface area contributed by atoms with E-state index >= 15 is 0 Å². The standard InChI is InChI=1S/C25H21BrN2O3/c1-15-4-5-18(12-16(15)2)25-28-21-14-20(8-10-23(21)31-25)27-24(29)11-6-17-13-19(26)7-9-22(17)30-3/h4-14H,1-3H3,(H,27,29). The number of anilines is 1. The van der Waals surface area contributed by atoms with Crippen LogP contribution in [0.3, 0.4) is 0 Å². The molecule has 3 aromatic carbocycles. The first-order valence-electron chi connectivity index (χ1n) is 9.74. The summed E-state index contributed by atoms with van der Waals surface area (Å²) in [7, 11) is 1.60. The van der Waals surface area contributed by atoms with E-state index in [9.17, 15) is 4.79 Å². The maximum Gasteiger partial charge on any atom is 0.248 e. The lowest BCUT2D eigenvalue weighted by Crippen LogP contribution is -2.07. The van der Waals surface area contributed by atoms with E-state index in [0.29, 0.717) is 28.4 Å². The Balaban J connectivity index is 1.53. The van der Waals surface area contributed by atoms with Crippen molar-refractivity contribution in [3.63, 3.8) is 0 Å². The highest BCUT2D eigenvalue weighted by Crippen LogP contribution is 2.28. The summed E-state index contributed by atoms with van der Waals surface area (Å²) in [6, 6.07) is 17.1. The molecule has 31 heavy (non-hydrogen) atoms. The number of benzene rings is 3. The highest BCUT2D eigenvalue weighted by atomic mass is 79.9. The quantitative estimate of drug-likeness (QED) is 0.332. The van der Waals surface area contributed by atoms with Crippen molar-refractivity contribution in [3.05, 3.63) is 81.8 Å². The normalized spacial score (nSPS) is 11.2. The number of halogens is 1. The average molecular weight is 477 g/mol. The van der Waals surface area contributed by atoms with Gasteiger partial charge < -0.3 is 14.5 Å². The minimum absolute atomic E-state index is 0.251. The molecule has 0 unspecified atom stereocenters. The van der Waals surface area contributed by atoms with Crippen molar-refractivity contribution < 1.29 is 13.9 Å². The Labute approximate surface area is 188 Å². The second kappa shape index (κ2) is 8.78. The third-order valence-corrected chi connectivity index (χ3v) is 5.51. The van der Waals surface area contributed by atoms with E-state index in [4.69, 9.17) is 9.15 Å². The lowest BCUT2D eigenvalue weighted by atomic mass is 10.1. The zero-order valence-corrected chi connectivity index (χ0v) is 19.0. The lowest BCUT2D eigenvalue weighted by Gasteiger charge is -2.05. The minimum atomic E-state index is -0.251. The van der Waals surface area contributed by atoms with Crippen molar-refractivity contribution in [2.24, 2.45) is 0 Å². The third kappa shape index (κ3) is 4.70. The monoisotopic (exact) mass is 476 g/mol. The first-order valence-corrected chi connectivity index (χ1v) is 10.5. The molecule has 1 aromatic heterocycles. The van der Waals surface area contributed by atoms with Crippen LogP contribution in [0.4, 0.5) is 5.69 Å². The van der Waals surface area contributed by atoms with Crippen molar-refractivity contribution in [1.29, 1.82) is 0 Å². The number of nitrogens with zero attached hydrogens (tertiary/aromatic N) is 1. The van der Waals surface area contributed by atoms with E-state index < -0.39 is 0 Å². The van der Waals surface area contributed by atoms with Gasteiger partial charge in [-0.25, -0.2) is 4.98 Å². The molecule has 0 fully saturated rings. The summed E-state index contributed by atoms with van der Waals surface area (Å²) in [4.78, 5) is 17.0. The highest BCUT2D eigenvalue weighted by molar-refractivity contribution is 9.10. The van der Waals surface area contributed by atoms with Gasteiger partial charge in [-0.05, 0) is 79.6 Å². The van der Waals surface area contributed by atoms with Gasteiger partial charge in [0.15, 0.2) is 5.58 Å². The van der Waals surface area contributed by atoms with Gasteiger partial charge in [0, 0.05) is 27.4 Å². The predicted molar refractivity (Wildman–Crippen MR) is 127 cm³/mol. The number of nitrogens with one attached hydrogen (secondary N) is 1. The third-order valence-electron chi connectivity index (χ3n) is 5.01. The Morgan fingerprint density at radius 1 is 1.06 bits per heavy atom. The number of oxazole rings is 1. The van der Waals surface area contributed by atoms with E-state index in [2.05, 4.69) is 52.2 Å². The molecule has 0 saturated carbocycles. The topological polar surface area (TPSA) is 64.4 Å². The summed E-state index contributed by atoms with van der Waals surface area (Å²) >= 11 is 3.43. The summed E-state index contributed by atoms with van der Waals surface area (Å²) in [5.41, 5.74) is 6.13. The molecule has 0 atom stereocenters. The lowest BCUT2D eigenvalue weighted by molar-refractivity contribution is -0.111. The number of hydrogen-bond acceptors (Lipinski definition) is 4. The number of aryl methyl sites for hydroxylation is 2. The molecule has 0 saturated heterocycles. The number of fused-ring (bicyclic) bond motifs is 1. The van der Waals surface area contributed by atoms with Crippen LogP contribution in [0.1, 0.15) is 16.7 Å². The molecule has 0 radical (unpaired) electrons. The summed E-state index contributed by atoms with van der Waals surface area (Å²) in [5, 5.41) is 2.86. The molecule has 0 spiro atoms. The molecule has 5 nitrogen and oxygen atoms in total. The summed E-state index contributed by atoms with van der Waals surface area (Å²) in [6.07, 6.45) is 3.18. The molecule has 0 aliphatic carbocycles. The van der Waals surface area contributed by atoms with Crippen molar-refractivity contribution >= 4 is 44.7 Å². The van der Waals surface area contributed by atoms with E-state index in [1.165, 1.54) is 17.2 Å². The van der Waals surface area contributed by atoms with E-state index in [1.807, 2.05) is 30.3 Å². The zero-order valence-electron chi connectivity index (χ0n) is 17.4. The highest BCUT2D eigenvalue weighted by Gasteiger charge is 2.10. The maximum atomic E-state index is 12.4. The zero-order chi connectivity index (χ0) is 22.0. The fourth-order valence-corrected chi connectivity index (χ4v) is 3.57. The predicted octanol–water partition coefficient (Wildman–Crippen LogP) is 6.53. The number of carbonyl (C=O) groups is 1. The average Bonchev–Trinajstić information content (AvgIpc) is 3.17. The molecule has 1 N–H and O–H groups in total. The number of methoxy groups -OCH3 is 1. The van der Waals surface area contributed by atoms with Crippen LogP contribution in [0.5, 0.6) is 5.75 Å². The fraction of sp³-hybridized carbons (Fsp3) is 0.120. The number of amides is 1. The SMILES string of the molecule is COc1ccc(Br)cc1C=CC(=O)Nc1ccc2oc(-c3ccc(C)c(C)c3)nc2c1. The van der Waals surface area contributed by atoms with Gasteiger partial charge in [-0.1, -0.05) is 22.0 Å². The Kier molecular flexibility index (Phi) is 5.91. The van der Waals surface area contributed by atoms with Gasteiger partial charge in [-0.3, -0.25) is 4.79 Å².